The smallest absolute Gasteiger partial charge is 0.196 e. The number of ether oxygens (including phenoxy) is 2. The van der Waals surface area contributed by atoms with Crippen LogP contribution in [-0.4, -0.2) is 23.0 Å². The van der Waals surface area contributed by atoms with Crippen LogP contribution in [0.5, 0.6) is 23.0 Å². The maximum Gasteiger partial charge on any atom is 0.196 e. The number of methoxy groups -OCH3 is 1. The van der Waals surface area contributed by atoms with Crippen LogP contribution in [0.15, 0.2) is 109 Å². The van der Waals surface area contributed by atoms with E-state index in [1.54, 1.807) is 19.2 Å². The number of aromatic hydroxyl groups is 1. The Kier molecular flexibility index (Phi) is 9.63. The van der Waals surface area contributed by atoms with E-state index < -0.39 is 0 Å². The molecule has 1 aliphatic rings. The number of carbonyl (C=O) groups excluding carboxylic acids is 1. The van der Waals surface area contributed by atoms with Crippen molar-refractivity contribution in [3.05, 3.63) is 126 Å². The molecule has 0 aliphatic heterocycles. The third-order valence-electron chi connectivity index (χ3n) is 9.12. The standard InChI is InChI=1S/C43H40N2O4.C2H6/c1-42(2,3)25-43(4,5)26-15-19-29(20-16-26)49-37-24-35(44-27-17-21-28(48-6)22-18-27)39-38-33(37)23-34(32-13-9-10-14-36(32)46)45-40(38)30-11-7-8-12-31(30)41(39)47;1-2/h7-24,44,46H,25H2,1-6H3;1-2H3. The maximum atomic E-state index is 14.3. The fraction of sp³-hybridized carbons (Fsp3) is 0.244. The van der Waals surface area contributed by atoms with Crippen LogP contribution in [0.25, 0.3) is 33.3 Å². The van der Waals surface area contributed by atoms with Crippen LogP contribution in [0, 0.1) is 5.41 Å². The van der Waals surface area contributed by atoms with Gasteiger partial charge in [0.05, 0.1) is 29.7 Å². The van der Waals surface area contributed by atoms with Crippen LogP contribution in [0.3, 0.4) is 0 Å². The molecule has 0 saturated carbocycles. The van der Waals surface area contributed by atoms with Crippen molar-refractivity contribution in [2.45, 2.75) is 60.3 Å². The summed E-state index contributed by atoms with van der Waals surface area (Å²) in [4.78, 5) is 19.5. The van der Waals surface area contributed by atoms with E-state index in [-0.39, 0.29) is 22.4 Å². The molecule has 6 heteroatoms. The van der Waals surface area contributed by atoms with Crippen molar-refractivity contribution in [1.29, 1.82) is 0 Å². The zero-order chi connectivity index (χ0) is 36.5. The summed E-state index contributed by atoms with van der Waals surface area (Å²) in [7, 11) is 1.63. The highest BCUT2D eigenvalue weighted by molar-refractivity contribution is 6.29. The molecule has 1 aromatic heterocycles. The second-order valence-electron chi connectivity index (χ2n) is 14.6. The van der Waals surface area contributed by atoms with Gasteiger partial charge in [-0.15, -0.1) is 0 Å². The molecule has 260 valence electrons. The lowest BCUT2D eigenvalue weighted by Crippen LogP contribution is -2.24. The predicted molar refractivity (Wildman–Crippen MR) is 209 cm³/mol. The van der Waals surface area contributed by atoms with Crippen molar-refractivity contribution in [3.63, 3.8) is 0 Å². The molecule has 51 heavy (non-hydrogen) atoms. The predicted octanol–water partition coefficient (Wildman–Crippen LogP) is 12.1. The summed E-state index contributed by atoms with van der Waals surface area (Å²) in [5, 5.41) is 15.8. The highest BCUT2D eigenvalue weighted by Gasteiger charge is 2.32. The zero-order valence-electron chi connectivity index (χ0n) is 30.7. The van der Waals surface area contributed by atoms with Crippen LogP contribution in [0.2, 0.25) is 0 Å². The Balaban J connectivity index is 0.00000220. The van der Waals surface area contributed by atoms with Crippen LogP contribution in [0.1, 0.15) is 76.4 Å². The van der Waals surface area contributed by atoms with Gasteiger partial charge in [-0.1, -0.05) is 97.0 Å². The number of ketones is 1. The second kappa shape index (κ2) is 13.9. The lowest BCUT2D eigenvalue weighted by atomic mass is 9.72. The Morgan fingerprint density at radius 1 is 0.745 bits per heavy atom. The molecule has 0 unspecified atom stereocenters. The number of aromatic nitrogens is 1. The Labute approximate surface area is 301 Å². The van der Waals surface area contributed by atoms with Crippen LogP contribution in [0.4, 0.5) is 11.4 Å². The largest absolute Gasteiger partial charge is 0.507 e. The number of para-hydroxylation sites is 1. The van der Waals surface area contributed by atoms with Gasteiger partial charge in [-0.25, -0.2) is 4.98 Å². The number of nitrogens with zero attached hydrogens (tertiary/aromatic N) is 1. The van der Waals surface area contributed by atoms with Crippen LogP contribution < -0.4 is 14.8 Å². The number of phenolic OH excluding ortho intramolecular Hbond substituents is 1. The molecule has 0 radical (unpaired) electrons. The average molecular weight is 679 g/mol. The molecule has 1 aliphatic carbocycles. The first-order chi connectivity index (χ1) is 24.4. The topological polar surface area (TPSA) is 80.7 Å². The Morgan fingerprint density at radius 2 is 1.35 bits per heavy atom. The van der Waals surface area contributed by atoms with Gasteiger partial charge in [0.2, 0.25) is 0 Å². The van der Waals surface area contributed by atoms with Crippen LogP contribution >= 0.6 is 0 Å². The Bertz CT molecular complexity index is 2210. The van der Waals surface area contributed by atoms with E-state index in [9.17, 15) is 9.90 Å². The van der Waals surface area contributed by atoms with E-state index in [4.69, 9.17) is 14.5 Å². The average Bonchev–Trinajstić information content (AvgIpc) is 3.11. The van der Waals surface area contributed by atoms with Crippen molar-refractivity contribution in [3.8, 4) is 45.5 Å². The Hall–Kier alpha value is -5.62. The first-order valence-corrected chi connectivity index (χ1v) is 17.6. The number of fused-ring (bicyclic) bond motifs is 2. The van der Waals surface area contributed by atoms with E-state index >= 15 is 0 Å². The molecule has 0 fully saturated rings. The van der Waals surface area contributed by atoms with Gasteiger partial charge in [-0.05, 0) is 77.4 Å². The van der Waals surface area contributed by atoms with Gasteiger partial charge in [0.1, 0.15) is 23.0 Å². The number of rotatable bonds is 8. The number of hydrogen-bond acceptors (Lipinski definition) is 6. The molecular formula is C45H46N2O4. The number of carbonyl (C=O) groups is 1. The lowest BCUT2D eigenvalue weighted by Gasteiger charge is -2.33. The van der Waals surface area contributed by atoms with E-state index in [1.807, 2.05) is 98.8 Å². The molecule has 0 saturated heterocycles. The Morgan fingerprint density at radius 3 is 1.98 bits per heavy atom. The second-order valence-corrected chi connectivity index (χ2v) is 14.6. The molecule has 0 spiro atoms. The van der Waals surface area contributed by atoms with Gasteiger partial charge in [-0.2, -0.15) is 0 Å². The fourth-order valence-electron chi connectivity index (χ4n) is 7.23. The molecule has 0 bridgehead atoms. The molecule has 6 aromatic rings. The minimum atomic E-state index is -0.0989. The first kappa shape index (κ1) is 35.2. The minimum Gasteiger partial charge on any atom is -0.507 e. The monoisotopic (exact) mass is 678 g/mol. The van der Waals surface area contributed by atoms with E-state index in [0.717, 1.165) is 28.8 Å². The van der Waals surface area contributed by atoms with Crippen molar-refractivity contribution in [2.75, 3.05) is 12.4 Å². The highest BCUT2D eigenvalue weighted by Crippen LogP contribution is 2.48. The summed E-state index contributed by atoms with van der Waals surface area (Å²) in [6.07, 6.45) is 1.03. The molecule has 5 aromatic carbocycles. The zero-order valence-corrected chi connectivity index (χ0v) is 30.7. The molecular weight excluding hydrogens is 633 g/mol. The van der Waals surface area contributed by atoms with Gasteiger partial charge >= 0.3 is 0 Å². The third kappa shape index (κ3) is 7.04. The lowest BCUT2D eigenvalue weighted by molar-refractivity contribution is 0.104. The number of benzene rings is 5. The molecule has 0 atom stereocenters. The molecule has 0 amide bonds. The summed E-state index contributed by atoms with van der Waals surface area (Å²) in [6.45, 7) is 15.4. The van der Waals surface area contributed by atoms with Crippen molar-refractivity contribution in [2.24, 2.45) is 5.41 Å². The third-order valence-corrected chi connectivity index (χ3v) is 9.12. The van der Waals surface area contributed by atoms with Crippen molar-refractivity contribution >= 4 is 27.9 Å². The maximum absolute atomic E-state index is 14.3. The van der Waals surface area contributed by atoms with E-state index in [2.05, 4.69) is 52.1 Å². The first-order valence-electron chi connectivity index (χ1n) is 17.6. The summed E-state index contributed by atoms with van der Waals surface area (Å²) in [5.74, 6) is 1.99. The molecule has 7 rings (SSSR count). The highest BCUT2D eigenvalue weighted by atomic mass is 16.5. The number of pyridine rings is 1. The molecule has 2 N–H and O–H groups in total. The van der Waals surface area contributed by atoms with Crippen molar-refractivity contribution in [1.82, 2.24) is 4.98 Å². The minimum absolute atomic E-state index is 0.0154. The number of anilines is 2. The quantitative estimate of drug-likeness (QED) is 0.166. The molecule has 6 nitrogen and oxygen atoms in total. The van der Waals surface area contributed by atoms with Crippen LogP contribution in [-0.2, 0) is 5.41 Å². The van der Waals surface area contributed by atoms with Crippen molar-refractivity contribution < 1.29 is 19.4 Å². The van der Waals surface area contributed by atoms with Gasteiger partial charge < -0.3 is 19.9 Å². The van der Waals surface area contributed by atoms with Gasteiger partial charge in [0.25, 0.3) is 0 Å². The summed E-state index contributed by atoms with van der Waals surface area (Å²) in [6, 6.07) is 34.4. The SMILES string of the molecule is CC.COc1ccc(Nc2cc(Oc3ccc(C(C)(C)CC(C)(C)C)cc3)c3cc(-c4ccccc4O)nc4c3c2C(=O)c2ccccc2-4)cc1. The van der Waals surface area contributed by atoms with Gasteiger partial charge in [0, 0.05) is 39.2 Å². The summed E-state index contributed by atoms with van der Waals surface area (Å²) in [5.41, 5.74) is 6.45. The number of hydrogen-bond donors (Lipinski definition) is 2. The van der Waals surface area contributed by atoms with Gasteiger partial charge in [0.15, 0.2) is 5.78 Å². The normalized spacial score (nSPS) is 12.1. The number of nitrogens with one attached hydrogen (secondary N) is 1. The van der Waals surface area contributed by atoms with E-state index in [1.165, 1.54) is 5.56 Å². The molecule has 1 heterocycles. The summed E-state index contributed by atoms with van der Waals surface area (Å²) >= 11 is 0. The van der Waals surface area contributed by atoms with E-state index in [0.29, 0.717) is 50.7 Å². The summed E-state index contributed by atoms with van der Waals surface area (Å²) < 4.78 is 12.1. The fourth-order valence-corrected chi connectivity index (χ4v) is 7.23. The number of phenols is 1. The van der Waals surface area contributed by atoms with Gasteiger partial charge in [-0.3, -0.25) is 4.79 Å².